The second-order valence-corrected chi connectivity index (χ2v) is 9.02. The van der Waals surface area contributed by atoms with Crippen molar-refractivity contribution in [1.29, 1.82) is 0 Å². The highest BCUT2D eigenvalue weighted by Gasteiger charge is 2.31. The number of thioether (sulfide) groups is 1. The standard InChI is InChI=1S/C22H22ClN5O3S/c23-16-5-7-17(8-6-16)28-22(24-25-26-28)32-14-21(29)27-10-1-3-18(27)15-4-9-19-20(13-15)31-12-2-11-30-19/h4-9,13,18H,1-3,10-12,14H2/t18-/m1/s1. The van der Waals surface area contributed by atoms with Gasteiger partial charge >= 0.3 is 0 Å². The third kappa shape index (κ3) is 4.40. The molecule has 10 heteroatoms. The minimum Gasteiger partial charge on any atom is -0.490 e. The SMILES string of the molecule is O=C(CSc1nnnn1-c1ccc(Cl)cc1)N1CCC[C@@H]1c1ccc2c(c1)OCCCO2. The first-order valence-electron chi connectivity index (χ1n) is 10.6. The van der Waals surface area contributed by atoms with Gasteiger partial charge < -0.3 is 14.4 Å². The number of fused-ring (bicyclic) bond motifs is 1. The molecular formula is C22H22ClN5O3S. The molecular weight excluding hydrogens is 450 g/mol. The number of carbonyl (C=O) groups excluding carboxylic acids is 1. The van der Waals surface area contributed by atoms with Gasteiger partial charge in [-0.15, -0.1) is 5.10 Å². The maximum atomic E-state index is 13.1. The highest BCUT2D eigenvalue weighted by Crippen LogP contribution is 2.38. The predicted molar refractivity (Wildman–Crippen MR) is 121 cm³/mol. The lowest BCUT2D eigenvalue weighted by Crippen LogP contribution is -2.32. The topological polar surface area (TPSA) is 82.4 Å². The molecule has 0 unspecified atom stereocenters. The Kier molecular flexibility index (Phi) is 6.18. The molecule has 0 N–H and O–H groups in total. The Balaban J connectivity index is 1.28. The van der Waals surface area contributed by atoms with Crippen LogP contribution in [0.4, 0.5) is 0 Å². The summed E-state index contributed by atoms with van der Waals surface area (Å²) >= 11 is 7.30. The van der Waals surface area contributed by atoms with E-state index < -0.39 is 0 Å². The number of amides is 1. The lowest BCUT2D eigenvalue weighted by atomic mass is 10.0. The molecule has 0 spiro atoms. The molecule has 1 saturated heterocycles. The summed E-state index contributed by atoms with van der Waals surface area (Å²) in [5.41, 5.74) is 1.87. The molecule has 3 heterocycles. The van der Waals surface area contributed by atoms with E-state index in [0.717, 1.165) is 48.6 Å². The zero-order valence-corrected chi connectivity index (χ0v) is 18.9. The van der Waals surface area contributed by atoms with Crippen molar-refractivity contribution in [3.05, 3.63) is 53.1 Å². The van der Waals surface area contributed by atoms with Gasteiger partial charge in [-0.2, -0.15) is 4.68 Å². The Hall–Kier alpha value is -2.78. The summed E-state index contributed by atoms with van der Waals surface area (Å²) in [6.45, 7) is 2.04. The number of hydrogen-bond donors (Lipinski definition) is 0. The highest BCUT2D eigenvalue weighted by atomic mass is 35.5. The lowest BCUT2D eigenvalue weighted by Gasteiger charge is -2.25. The minimum absolute atomic E-state index is 0.0347. The zero-order valence-electron chi connectivity index (χ0n) is 17.3. The van der Waals surface area contributed by atoms with Gasteiger partial charge in [0.15, 0.2) is 11.5 Å². The van der Waals surface area contributed by atoms with E-state index in [2.05, 4.69) is 15.5 Å². The van der Waals surface area contributed by atoms with Crippen molar-refractivity contribution >= 4 is 29.3 Å². The summed E-state index contributed by atoms with van der Waals surface area (Å²) in [6, 6.07) is 13.3. The van der Waals surface area contributed by atoms with Crippen molar-refractivity contribution < 1.29 is 14.3 Å². The van der Waals surface area contributed by atoms with E-state index in [4.69, 9.17) is 21.1 Å². The summed E-state index contributed by atoms with van der Waals surface area (Å²) < 4.78 is 13.2. The van der Waals surface area contributed by atoms with Crippen LogP contribution in [0.1, 0.15) is 30.9 Å². The van der Waals surface area contributed by atoms with Crippen molar-refractivity contribution in [2.45, 2.75) is 30.5 Å². The van der Waals surface area contributed by atoms with E-state index in [1.165, 1.54) is 11.8 Å². The molecule has 2 aliphatic heterocycles. The molecule has 0 radical (unpaired) electrons. The fourth-order valence-corrected chi connectivity index (χ4v) is 4.92. The van der Waals surface area contributed by atoms with Crippen molar-refractivity contribution in [2.24, 2.45) is 0 Å². The molecule has 32 heavy (non-hydrogen) atoms. The van der Waals surface area contributed by atoms with Crippen LogP contribution in [0, 0.1) is 0 Å². The fourth-order valence-electron chi connectivity index (χ4n) is 4.02. The van der Waals surface area contributed by atoms with Gasteiger partial charge in [-0.25, -0.2) is 0 Å². The van der Waals surface area contributed by atoms with Crippen molar-refractivity contribution in [2.75, 3.05) is 25.5 Å². The number of halogens is 1. The van der Waals surface area contributed by atoms with Crippen molar-refractivity contribution in [3.8, 4) is 17.2 Å². The van der Waals surface area contributed by atoms with E-state index in [9.17, 15) is 4.79 Å². The van der Waals surface area contributed by atoms with E-state index in [1.807, 2.05) is 35.2 Å². The molecule has 3 aromatic rings. The quantitative estimate of drug-likeness (QED) is 0.521. The van der Waals surface area contributed by atoms with E-state index >= 15 is 0 Å². The monoisotopic (exact) mass is 471 g/mol. The van der Waals surface area contributed by atoms with E-state index in [0.29, 0.717) is 23.4 Å². The van der Waals surface area contributed by atoms with E-state index in [1.54, 1.807) is 16.8 Å². The number of hydrogen-bond acceptors (Lipinski definition) is 7. The first kappa shape index (κ1) is 21.1. The minimum atomic E-state index is 0.0347. The van der Waals surface area contributed by atoms with Gasteiger partial charge in [0.25, 0.3) is 0 Å². The van der Waals surface area contributed by atoms with Gasteiger partial charge in [-0.1, -0.05) is 29.4 Å². The summed E-state index contributed by atoms with van der Waals surface area (Å²) in [4.78, 5) is 15.1. The smallest absolute Gasteiger partial charge is 0.233 e. The molecule has 5 rings (SSSR count). The molecule has 2 aliphatic rings. The number of benzene rings is 2. The molecule has 2 aromatic carbocycles. The second kappa shape index (κ2) is 9.38. The first-order valence-corrected chi connectivity index (χ1v) is 11.9. The van der Waals surface area contributed by atoms with Gasteiger partial charge in [0, 0.05) is 18.0 Å². The van der Waals surface area contributed by atoms with Gasteiger partial charge in [0.05, 0.1) is 30.7 Å². The Bertz CT molecular complexity index is 1110. The average molecular weight is 472 g/mol. The van der Waals surface area contributed by atoms with E-state index in [-0.39, 0.29) is 17.7 Å². The average Bonchev–Trinajstić information content (AvgIpc) is 3.43. The van der Waals surface area contributed by atoms with Crippen LogP contribution < -0.4 is 9.47 Å². The van der Waals surface area contributed by atoms with Gasteiger partial charge in [0.1, 0.15) is 0 Å². The van der Waals surface area contributed by atoms with Gasteiger partial charge in [0.2, 0.25) is 11.1 Å². The molecule has 1 amide bonds. The summed E-state index contributed by atoms with van der Waals surface area (Å²) in [5.74, 6) is 1.85. The van der Waals surface area contributed by atoms with Crippen LogP contribution in [0.5, 0.6) is 11.5 Å². The molecule has 8 nitrogen and oxygen atoms in total. The lowest BCUT2D eigenvalue weighted by molar-refractivity contribution is -0.129. The number of nitrogens with zero attached hydrogens (tertiary/aromatic N) is 5. The molecule has 0 bridgehead atoms. The number of likely N-dealkylation sites (tertiary alicyclic amines) is 1. The summed E-state index contributed by atoms with van der Waals surface area (Å²) in [7, 11) is 0. The molecule has 1 aromatic heterocycles. The van der Waals surface area contributed by atoms with Crippen molar-refractivity contribution in [1.82, 2.24) is 25.1 Å². The first-order chi connectivity index (χ1) is 15.7. The number of carbonyl (C=O) groups is 1. The maximum Gasteiger partial charge on any atom is 0.233 e. The molecule has 1 atom stereocenters. The molecule has 1 fully saturated rings. The highest BCUT2D eigenvalue weighted by molar-refractivity contribution is 7.99. The number of aromatic nitrogens is 4. The van der Waals surface area contributed by atoms with Gasteiger partial charge in [-0.3, -0.25) is 4.79 Å². The Morgan fingerprint density at radius 3 is 2.75 bits per heavy atom. The molecule has 166 valence electrons. The number of rotatable bonds is 5. The van der Waals surface area contributed by atoms with Gasteiger partial charge in [-0.05, 0) is 65.2 Å². The zero-order chi connectivity index (χ0) is 21.9. The third-order valence-corrected chi connectivity index (χ3v) is 6.72. The van der Waals surface area contributed by atoms with Crippen molar-refractivity contribution in [3.63, 3.8) is 0 Å². The van der Waals surface area contributed by atoms with Crippen LogP contribution in [0.15, 0.2) is 47.6 Å². The second-order valence-electron chi connectivity index (χ2n) is 7.64. The molecule has 0 aliphatic carbocycles. The number of tetrazole rings is 1. The fraction of sp³-hybridized carbons (Fsp3) is 0.364. The molecule has 0 saturated carbocycles. The summed E-state index contributed by atoms with van der Waals surface area (Å²) in [6.07, 6.45) is 2.77. The predicted octanol–water partition coefficient (Wildman–Crippen LogP) is 3.93. The largest absolute Gasteiger partial charge is 0.490 e. The number of ether oxygens (including phenoxy) is 2. The maximum absolute atomic E-state index is 13.1. The normalized spacial score (nSPS) is 17.9. The van der Waals surface area contributed by atoms with Crippen LogP contribution in [-0.4, -0.2) is 56.5 Å². The summed E-state index contributed by atoms with van der Waals surface area (Å²) in [5, 5.41) is 13.1. The van der Waals surface area contributed by atoms with Crippen LogP contribution in [0.25, 0.3) is 5.69 Å². The Morgan fingerprint density at radius 2 is 1.91 bits per heavy atom. The van der Waals surface area contributed by atoms with Crippen LogP contribution in [0.3, 0.4) is 0 Å². The van der Waals surface area contributed by atoms with Crippen LogP contribution in [-0.2, 0) is 4.79 Å². The third-order valence-electron chi connectivity index (χ3n) is 5.57. The van der Waals surface area contributed by atoms with Crippen LogP contribution >= 0.6 is 23.4 Å². The Morgan fingerprint density at radius 1 is 1.09 bits per heavy atom. The van der Waals surface area contributed by atoms with Crippen LogP contribution in [0.2, 0.25) is 5.02 Å². The Labute approximate surface area is 194 Å².